The van der Waals surface area contributed by atoms with Crippen molar-refractivity contribution in [2.75, 3.05) is 20.6 Å². The lowest BCUT2D eigenvalue weighted by molar-refractivity contribution is 0.0990. The molecule has 104 valence electrons. The van der Waals surface area contributed by atoms with Crippen molar-refractivity contribution in [3.8, 4) is 12.3 Å². The van der Waals surface area contributed by atoms with Crippen molar-refractivity contribution in [2.24, 2.45) is 0 Å². The Morgan fingerprint density at radius 1 is 1.33 bits per heavy atom. The zero-order chi connectivity index (χ0) is 13.4. The summed E-state index contributed by atoms with van der Waals surface area (Å²) in [5.41, 5.74) is 0.365. The first kappa shape index (κ1) is 15.5. The summed E-state index contributed by atoms with van der Waals surface area (Å²) in [5.74, 6) is 2.77. The van der Waals surface area contributed by atoms with Gasteiger partial charge in [-0.1, -0.05) is 19.8 Å². The summed E-state index contributed by atoms with van der Waals surface area (Å²) >= 11 is 0. The summed E-state index contributed by atoms with van der Waals surface area (Å²) in [6, 6.07) is 0.600. The molecule has 0 aromatic rings. The molecule has 1 fully saturated rings. The van der Waals surface area contributed by atoms with Gasteiger partial charge >= 0.3 is 0 Å². The van der Waals surface area contributed by atoms with E-state index in [2.05, 4.69) is 37.2 Å². The summed E-state index contributed by atoms with van der Waals surface area (Å²) in [5, 5.41) is 3.78. The minimum atomic E-state index is 0.365. The standard InChI is InChI=1S/C16H30N2/c1-5-7-8-11-15(17-14-6-2)16(18(3)4)12-9-10-13-16/h1,15,17H,6-14H2,2-4H3. The molecular formula is C16H30N2. The molecule has 1 aliphatic carbocycles. The molecule has 1 rings (SSSR count). The maximum atomic E-state index is 5.38. The van der Waals surface area contributed by atoms with Crippen LogP contribution < -0.4 is 5.32 Å². The Labute approximate surface area is 114 Å². The van der Waals surface area contributed by atoms with Crippen LogP contribution in [0.25, 0.3) is 0 Å². The molecule has 0 amide bonds. The highest BCUT2D eigenvalue weighted by Gasteiger charge is 2.42. The van der Waals surface area contributed by atoms with E-state index in [1.54, 1.807) is 0 Å². The number of hydrogen-bond donors (Lipinski definition) is 1. The van der Waals surface area contributed by atoms with Crippen LogP contribution in [0.15, 0.2) is 0 Å². The molecule has 0 aromatic heterocycles. The predicted octanol–water partition coefficient (Wildman–Crippen LogP) is 3.03. The van der Waals surface area contributed by atoms with Crippen LogP contribution in [0.4, 0.5) is 0 Å². The number of nitrogens with zero attached hydrogens (tertiary/aromatic N) is 1. The van der Waals surface area contributed by atoms with Gasteiger partial charge in [0.1, 0.15) is 0 Å². The number of hydrogen-bond acceptors (Lipinski definition) is 2. The van der Waals surface area contributed by atoms with Crippen molar-refractivity contribution in [3.05, 3.63) is 0 Å². The smallest absolute Gasteiger partial charge is 0.0356 e. The molecule has 0 heterocycles. The molecule has 2 nitrogen and oxygen atoms in total. The Morgan fingerprint density at radius 3 is 2.50 bits per heavy atom. The van der Waals surface area contributed by atoms with Crippen LogP contribution in [0.2, 0.25) is 0 Å². The maximum Gasteiger partial charge on any atom is 0.0356 e. The van der Waals surface area contributed by atoms with Crippen molar-refractivity contribution >= 4 is 0 Å². The third-order valence-electron chi connectivity index (χ3n) is 4.46. The average molecular weight is 250 g/mol. The van der Waals surface area contributed by atoms with Crippen LogP contribution in [-0.4, -0.2) is 37.1 Å². The minimum absolute atomic E-state index is 0.365. The molecule has 1 saturated carbocycles. The van der Waals surface area contributed by atoms with E-state index in [1.807, 2.05) is 0 Å². The Morgan fingerprint density at radius 2 is 2.00 bits per heavy atom. The van der Waals surface area contributed by atoms with Gasteiger partial charge in [-0.2, -0.15) is 0 Å². The molecule has 0 bridgehead atoms. The molecule has 0 aromatic carbocycles. The van der Waals surface area contributed by atoms with Crippen LogP contribution >= 0.6 is 0 Å². The van der Waals surface area contributed by atoms with Gasteiger partial charge in [-0.25, -0.2) is 0 Å². The fraction of sp³-hybridized carbons (Fsp3) is 0.875. The van der Waals surface area contributed by atoms with E-state index in [4.69, 9.17) is 6.42 Å². The monoisotopic (exact) mass is 250 g/mol. The van der Waals surface area contributed by atoms with E-state index in [0.717, 1.165) is 19.4 Å². The Balaban J connectivity index is 2.68. The zero-order valence-corrected chi connectivity index (χ0v) is 12.5. The van der Waals surface area contributed by atoms with Crippen LogP contribution in [-0.2, 0) is 0 Å². The summed E-state index contributed by atoms with van der Waals surface area (Å²) in [4.78, 5) is 2.46. The summed E-state index contributed by atoms with van der Waals surface area (Å²) < 4.78 is 0. The first-order chi connectivity index (χ1) is 8.67. The number of rotatable bonds is 8. The van der Waals surface area contributed by atoms with Crippen molar-refractivity contribution in [2.45, 2.75) is 69.9 Å². The molecule has 2 heteroatoms. The van der Waals surface area contributed by atoms with E-state index < -0.39 is 0 Å². The molecule has 0 aliphatic heterocycles. The molecule has 0 saturated heterocycles. The molecule has 0 radical (unpaired) electrons. The van der Waals surface area contributed by atoms with Gasteiger partial charge in [-0.15, -0.1) is 12.3 Å². The van der Waals surface area contributed by atoms with E-state index in [-0.39, 0.29) is 0 Å². The van der Waals surface area contributed by atoms with Crippen LogP contribution in [0, 0.1) is 12.3 Å². The summed E-state index contributed by atoms with van der Waals surface area (Å²) in [6.07, 6.45) is 15.3. The molecule has 1 N–H and O–H groups in total. The van der Waals surface area contributed by atoms with E-state index in [1.165, 1.54) is 38.5 Å². The zero-order valence-electron chi connectivity index (χ0n) is 12.5. The van der Waals surface area contributed by atoms with Gasteiger partial charge in [-0.05, 0) is 52.7 Å². The van der Waals surface area contributed by atoms with Crippen molar-refractivity contribution in [3.63, 3.8) is 0 Å². The van der Waals surface area contributed by atoms with Gasteiger partial charge in [-0.3, -0.25) is 0 Å². The highest BCUT2D eigenvalue weighted by Crippen LogP contribution is 2.38. The topological polar surface area (TPSA) is 15.3 Å². The van der Waals surface area contributed by atoms with Gasteiger partial charge in [0.2, 0.25) is 0 Å². The second kappa shape index (κ2) is 7.81. The van der Waals surface area contributed by atoms with Crippen molar-refractivity contribution in [1.29, 1.82) is 0 Å². The normalized spacial score (nSPS) is 19.9. The van der Waals surface area contributed by atoms with Gasteiger partial charge in [0, 0.05) is 18.0 Å². The minimum Gasteiger partial charge on any atom is -0.312 e. The lowest BCUT2D eigenvalue weighted by atomic mass is 9.83. The third-order valence-corrected chi connectivity index (χ3v) is 4.46. The van der Waals surface area contributed by atoms with Gasteiger partial charge in [0.25, 0.3) is 0 Å². The van der Waals surface area contributed by atoms with Crippen molar-refractivity contribution in [1.82, 2.24) is 10.2 Å². The van der Waals surface area contributed by atoms with Gasteiger partial charge < -0.3 is 10.2 Å². The van der Waals surface area contributed by atoms with E-state index >= 15 is 0 Å². The molecule has 18 heavy (non-hydrogen) atoms. The van der Waals surface area contributed by atoms with Crippen LogP contribution in [0.3, 0.4) is 0 Å². The SMILES string of the molecule is C#CCCCC(NCCC)C1(N(C)C)CCCC1. The fourth-order valence-electron chi connectivity index (χ4n) is 3.38. The third kappa shape index (κ3) is 3.73. The predicted molar refractivity (Wildman–Crippen MR) is 79.7 cm³/mol. The molecule has 1 aliphatic rings. The lowest BCUT2D eigenvalue weighted by Gasteiger charge is -2.44. The summed E-state index contributed by atoms with van der Waals surface area (Å²) in [6.45, 7) is 3.36. The number of likely N-dealkylation sites (N-methyl/N-ethyl adjacent to an activating group) is 1. The van der Waals surface area contributed by atoms with Crippen LogP contribution in [0.1, 0.15) is 58.3 Å². The first-order valence-electron chi connectivity index (χ1n) is 7.51. The second-order valence-electron chi connectivity index (χ2n) is 5.81. The second-order valence-corrected chi connectivity index (χ2v) is 5.81. The largest absolute Gasteiger partial charge is 0.312 e. The number of unbranched alkanes of at least 4 members (excludes halogenated alkanes) is 1. The quantitative estimate of drug-likeness (QED) is 0.526. The van der Waals surface area contributed by atoms with Crippen molar-refractivity contribution < 1.29 is 0 Å². The number of nitrogens with one attached hydrogen (secondary N) is 1. The first-order valence-corrected chi connectivity index (χ1v) is 7.51. The fourth-order valence-corrected chi connectivity index (χ4v) is 3.38. The lowest BCUT2D eigenvalue weighted by Crippen LogP contribution is -2.57. The highest BCUT2D eigenvalue weighted by atomic mass is 15.2. The molecular weight excluding hydrogens is 220 g/mol. The maximum absolute atomic E-state index is 5.38. The highest BCUT2D eigenvalue weighted by molar-refractivity contribution is 5.02. The molecule has 1 unspecified atom stereocenters. The number of terminal acetylenes is 1. The molecule has 1 atom stereocenters. The Kier molecular flexibility index (Phi) is 6.75. The van der Waals surface area contributed by atoms with E-state index in [9.17, 15) is 0 Å². The van der Waals surface area contributed by atoms with Gasteiger partial charge in [0.15, 0.2) is 0 Å². The summed E-state index contributed by atoms with van der Waals surface area (Å²) in [7, 11) is 4.49. The average Bonchev–Trinajstić information content (AvgIpc) is 2.84. The Bertz CT molecular complexity index is 259. The Hall–Kier alpha value is -0.520. The van der Waals surface area contributed by atoms with Gasteiger partial charge in [0.05, 0.1) is 0 Å². The van der Waals surface area contributed by atoms with Crippen LogP contribution in [0.5, 0.6) is 0 Å². The molecule has 0 spiro atoms. The van der Waals surface area contributed by atoms with E-state index in [0.29, 0.717) is 11.6 Å².